The lowest BCUT2D eigenvalue weighted by atomic mass is 9.77. The third-order valence-electron chi connectivity index (χ3n) is 3.93. The zero-order chi connectivity index (χ0) is 15.0. The zero-order valence-corrected chi connectivity index (χ0v) is 13.1. The molecule has 0 aromatic carbocycles. The first kappa shape index (κ1) is 15.5. The molecule has 2 N–H and O–H groups in total. The molecular weight excluding hydrogens is 274 g/mol. The molecule has 1 saturated heterocycles. The maximum atomic E-state index is 6.14. The highest BCUT2D eigenvalue weighted by Gasteiger charge is 2.52. The van der Waals surface area contributed by atoms with Gasteiger partial charge in [0.2, 0.25) is 0 Å². The van der Waals surface area contributed by atoms with Crippen LogP contribution in [-0.2, 0) is 9.31 Å². The predicted molar refractivity (Wildman–Crippen MR) is 82.4 cm³/mol. The highest BCUT2D eigenvalue weighted by Crippen LogP contribution is 2.38. The van der Waals surface area contributed by atoms with Gasteiger partial charge in [-0.25, -0.2) is 0 Å². The fourth-order valence-corrected chi connectivity index (χ4v) is 2.07. The van der Waals surface area contributed by atoms with Crippen molar-refractivity contribution in [1.29, 1.82) is 0 Å². The van der Waals surface area contributed by atoms with Gasteiger partial charge >= 0.3 is 7.12 Å². The monoisotopic (exact) mass is 294 g/mol. The van der Waals surface area contributed by atoms with Gasteiger partial charge in [0.05, 0.1) is 16.2 Å². The molecule has 1 fully saturated rings. The van der Waals surface area contributed by atoms with Crippen molar-refractivity contribution < 1.29 is 9.31 Å². The number of pyridine rings is 1. The Bertz CT molecular complexity index is 516. The molecule has 0 radical (unpaired) electrons. The summed E-state index contributed by atoms with van der Waals surface area (Å²) in [5.41, 5.74) is 6.72. The van der Waals surface area contributed by atoms with Crippen LogP contribution in [0.1, 0.15) is 33.3 Å². The molecule has 1 aromatic heterocycles. The van der Waals surface area contributed by atoms with E-state index in [1.54, 1.807) is 18.5 Å². The number of nitrogens with zero attached hydrogens (tertiary/aromatic N) is 1. The highest BCUT2D eigenvalue weighted by atomic mass is 35.5. The summed E-state index contributed by atoms with van der Waals surface area (Å²) in [7, 11) is -0.457. The van der Waals surface area contributed by atoms with Crippen molar-refractivity contribution in [3.05, 3.63) is 34.5 Å². The van der Waals surface area contributed by atoms with Crippen LogP contribution in [0.2, 0.25) is 5.02 Å². The van der Waals surface area contributed by atoms with Gasteiger partial charge in [-0.15, -0.1) is 0 Å². The van der Waals surface area contributed by atoms with Crippen LogP contribution in [0, 0.1) is 0 Å². The van der Waals surface area contributed by atoms with Crippen molar-refractivity contribution in [3.8, 4) is 0 Å². The van der Waals surface area contributed by atoms with Gasteiger partial charge in [0.15, 0.2) is 0 Å². The van der Waals surface area contributed by atoms with Crippen molar-refractivity contribution >= 4 is 24.8 Å². The van der Waals surface area contributed by atoms with Gasteiger partial charge in [-0.05, 0) is 39.2 Å². The quantitative estimate of drug-likeness (QED) is 0.871. The number of hydrogen-bond acceptors (Lipinski definition) is 4. The SMILES string of the molecule is CC1(C)OB(C(=Cc2cnccc2Cl)CN)OC1(C)C. The largest absolute Gasteiger partial charge is 0.491 e. The molecule has 2 heterocycles. The van der Waals surface area contributed by atoms with E-state index in [9.17, 15) is 0 Å². The second-order valence-electron chi connectivity index (χ2n) is 5.91. The molecule has 6 heteroatoms. The molecule has 108 valence electrons. The second kappa shape index (κ2) is 5.49. The maximum Gasteiger partial charge on any atom is 0.491 e. The lowest BCUT2D eigenvalue weighted by Crippen LogP contribution is -2.41. The third-order valence-corrected chi connectivity index (χ3v) is 4.27. The second-order valence-corrected chi connectivity index (χ2v) is 6.32. The molecule has 1 aliphatic heterocycles. The number of aromatic nitrogens is 1. The summed E-state index contributed by atoms with van der Waals surface area (Å²) >= 11 is 6.14. The molecule has 0 spiro atoms. The summed E-state index contributed by atoms with van der Waals surface area (Å²) in [6.45, 7) is 8.38. The van der Waals surface area contributed by atoms with Crippen LogP contribution in [0.3, 0.4) is 0 Å². The minimum absolute atomic E-state index is 0.335. The van der Waals surface area contributed by atoms with E-state index < -0.39 is 7.12 Å². The van der Waals surface area contributed by atoms with Crippen molar-refractivity contribution in [3.63, 3.8) is 0 Å². The zero-order valence-electron chi connectivity index (χ0n) is 12.3. The van der Waals surface area contributed by atoms with Crippen molar-refractivity contribution in [2.24, 2.45) is 5.73 Å². The molecule has 20 heavy (non-hydrogen) atoms. The molecule has 0 bridgehead atoms. The lowest BCUT2D eigenvalue weighted by Gasteiger charge is -2.32. The molecule has 0 aliphatic carbocycles. The lowest BCUT2D eigenvalue weighted by molar-refractivity contribution is 0.00578. The van der Waals surface area contributed by atoms with Crippen LogP contribution in [-0.4, -0.2) is 29.8 Å². The first-order valence-corrected chi connectivity index (χ1v) is 7.00. The Hall–Kier alpha value is -0.875. The van der Waals surface area contributed by atoms with E-state index in [2.05, 4.69) is 4.98 Å². The minimum Gasteiger partial charge on any atom is -0.400 e. The van der Waals surface area contributed by atoms with Crippen LogP contribution in [0.15, 0.2) is 23.9 Å². The van der Waals surface area contributed by atoms with Gasteiger partial charge in [-0.3, -0.25) is 4.98 Å². The number of nitrogens with two attached hydrogens (primary N) is 1. The van der Waals surface area contributed by atoms with Gasteiger partial charge < -0.3 is 15.0 Å². The maximum absolute atomic E-state index is 6.14. The summed E-state index contributed by atoms with van der Waals surface area (Å²) in [6, 6.07) is 1.74. The minimum atomic E-state index is -0.457. The van der Waals surface area contributed by atoms with E-state index in [0.29, 0.717) is 11.6 Å². The molecule has 0 unspecified atom stereocenters. The molecule has 1 aliphatic rings. The highest BCUT2D eigenvalue weighted by molar-refractivity contribution is 6.56. The summed E-state index contributed by atoms with van der Waals surface area (Å²) in [5.74, 6) is 0. The van der Waals surface area contributed by atoms with E-state index in [4.69, 9.17) is 26.6 Å². The average Bonchev–Trinajstić information content (AvgIpc) is 2.57. The van der Waals surface area contributed by atoms with Gasteiger partial charge in [0, 0.05) is 24.5 Å². The summed E-state index contributed by atoms with van der Waals surface area (Å²) < 4.78 is 12.0. The Morgan fingerprint density at radius 3 is 2.45 bits per heavy atom. The molecule has 0 saturated carbocycles. The number of rotatable bonds is 3. The Labute approximate surface area is 125 Å². The van der Waals surface area contributed by atoms with Crippen LogP contribution < -0.4 is 5.73 Å². The van der Waals surface area contributed by atoms with Crippen LogP contribution >= 0.6 is 11.6 Å². The Kier molecular flexibility index (Phi) is 4.26. The van der Waals surface area contributed by atoms with Crippen LogP contribution in [0.25, 0.3) is 6.08 Å². The first-order valence-electron chi connectivity index (χ1n) is 6.62. The van der Waals surface area contributed by atoms with Crippen molar-refractivity contribution in [2.75, 3.05) is 6.54 Å². The molecule has 0 amide bonds. The van der Waals surface area contributed by atoms with Gasteiger partial charge in [-0.2, -0.15) is 0 Å². The normalized spacial score (nSPS) is 21.3. The van der Waals surface area contributed by atoms with E-state index in [-0.39, 0.29) is 11.2 Å². The Morgan fingerprint density at radius 1 is 1.35 bits per heavy atom. The van der Waals surface area contributed by atoms with Crippen molar-refractivity contribution in [2.45, 2.75) is 38.9 Å². The molecule has 2 rings (SSSR count). The van der Waals surface area contributed by atoms with Gasteiger partial charge in [0.1, 0.15) is 0 Å². The van der Waals surface area contributed by atoms with Crippen LogP contribution in [0.4, 0.5) is 0 Å². The predicted octanol–water partition coefficient (Wildman–Crippen LogP) is 2.71. The molecule has 1 aromatic rings. The topological polar surface area (TPSA) is 57.4 Å². The van der Waals surface area contributed by atoms with Crippen molar-refractivity contribution in [1.82, 2.24) is 4.98 Å². The molecule has 4 nitrogen and oxygen atoms in total. The average molecular weight is 295 g/mol. The van der Waals surface area contributed by atoms with E-state index in [0.717, 1.165) is 11.0 Å². The summed E-state index contributed by atoms with van der Waals surface area (Å²) in [5, 5.41) is 0.627. The fraction of sp³-hybridized carbons (Fsp3) is 0.500. The van der Waals surface area contributed by atoms with Crippen LogP contribution in [0.5, 0.6) is 0 Å². The Morgan fingerprint density at radius 2 is 1.95 bits per heavy atom. The summed E-state index contributed by atoms with van der Waals surface area (Å²) in [4.78, 5) is 4.07. The van der Waals surface area contributed by atoms with E-state index in [1.807, 2.05) is 33.8 Å². The fourth-order valence-electron chi connectivity index (χ4n) is 1.91. The third kappa shape index (κ3) is 2.91. The number of halogens is 1. The number of hydrogen-bond donors (Lipinski definition) is 1. The van der Waals surface area contributed by atoms with Gasteiger partial charge in [0.25, 0.3) is 0 Å². The van der Waals surface area contributed by atoms with Gasteiger partial charge in [-0.1, -0.05) is 17.7 Å². The standard InChI is InChI=1S/C14H20BClN2O2/c1-13(2)14(3,4)20-15(19-13)11(8-17)7-10-9-18-6-5-12(10)16/h5-7,9H,8,17H2,1-4H3. The molecule has 0 atom stereocenters. The summed E-state index contributed by atoms with van der Waals surface area (Å²) in [6.07, 6.45) is 5.23. The first-order chi connectivity index (χ1) is 9.27. The smallest absolute Gasteiger partial charge is 0.400 e. The Balaban J connectivity index is 2.29. The van der Waals surface area contributed by atoms with E-state index in [1.165, 1.54) is 0 Å². The molecular formula is C14H20BClN2O2. The van der Waals surface area contributed by atoms with E-state index >= 15 is 0 Å².